The summed E-state index contributed by atoms with van der Waals surface area (Å²) in [7, 11) is 0. The minimum absolute atomic E-state index is 0.00733. The van der Waals surface area contributed by atoms with Crippen LogP contribution in [0.5, 0.6) is 5.75 Å². The van der Waals surface area contributed by atoms with Gasteiger partial charge in [-0.05, 0) is 25.1 Å². The third-order valence-electron chi connectivity index (χ3n) is 3.93. The van der Waals surface area contributed by atoms with Crippen LogP contribution in [0.2, 0.25) is 0 Å². The molecule has 0 saturated heterocycles. The van der Waals surface area contributed by atoms with Gasteiger partial charge >= 0.3 is 0 Å². The average Bonchev–Trinajstić information content (AvgIpc) is 3.00. The molecule has 0 spiro atoms. The maximum atomic E-state index is 13.4. The van der Waals surface area contributed by atoms with Crippen molar-refractivity contribution in [1.29, 1.82) is 0 Å². The van der Waals surface area contributed by atoms with E-state index < -0.39 is 17.5 Å². The van der Waals surface area contributed by atoms with E-state index in [2.05, 4.69) is 22.1 Å². The molecule has 0 saturated carbocycles. The predicted octanol–water partition coefficient (Wildman–Crippen LogP) is 3.00. The van der Waals surface area contributed by atoms with E-state index in [1.807, 2.05) is 18.2 Å². The first-order chi connectivity index (χ1) is 13.1. The van der Waals surface area contributed by atoms with Crippen LogP contribution in [-0.4, -0.2) is 29.8 Å². The van der Waals surface area contributed by atoms with Gasteiger partial charge in [0.05, 0.1) is 12.1 Å². The zero-order chi connectivity index (χ0) is 19.2. The second-order valence-electron chi connectivity index (χ2n) is 5.76. The van der Waals surface area contributed by atoms with E-state index in [1.54, 1.807) is 25.1 Å². The van der Waals surface area contributed by atoms with E-state index in [4.69, 9.17) is 4.74 Å². The fraction of sp³-hybridized carbons (Fsp3) is 0.143. The topological polar surface area (TPSA) is 71.2 Å². The molecule has 2 N–H and O–H groups in total. The standard InChI is InChI=1S/C21H17FN2O3/c1-14-19(15-8-2-4-10-17(15)24-14)20(25)21(26)23-12-6-7-13-27-18-11-5-3-9-16(18)22/h2-5,8-11,24H,12-13H2,1H3,(H,23,26). The molecule has 0 aliphatic carbocycles. The molecule has 3 rings (SSSR count). The van der Waals surface area contributed by atoms with E-state index in [-0.39, 0.29) is 18.9 Å². The normalized spacial score (nSPS) is 10.1. The quantitative estimate of drug-likeness (QED) is 0.415. The lowest BCUT2D eigenvalue weighted by Gasteiger charge is -2.02. The molecule has 1 heterocycles. The Morgan fingerprint density at radius 2 is 1.85 bits per heavy atom. The van der Waals surface area contributed by atoms with E-state index in [9.17, 15) is 14.0 Å². The first-order valence-corrected chi connectivity index (χ1v) is 8.31. The zero-order valence-corrected chi connectivity index (χ0v) is 14.6. The molecule has 0 fully saturated rings. The summed E-state index contributed by atoms with van der Waals surface area (Å²) in [6.07, 6.45) is 0. The molecular weight excluding hydrogens is 347 g/mol. The number of nitrogens with one attached hydrogen (secondary N) is 2. The molecule has 0 bridgehead atoms. The number of aromatic nitrogens is 1. The van der Waals surface area contributed by atoms with Gasteiger partial charge in [-0.25, -0.2) is 4.39 Å². The second-order valence-corrected chi connectivity index (χ2v) is 5.76. The van der Waals surface area contributed by atoms with Crippen molar-refractivity contribution in [3.8, 4) is 17.6 Å². The van der Waals surface area contributed by atoms with Crippen LogP contribution in [0.4, 0.5) is 4.39 Å². The third kappa shape index (κ3) is 4.15. The molecular formula is C21H17FN2O3. The summed E-state index contributed by atoms with van der Waals surface area (Å²) in [5.74, 6) is 3.63. The average molecular weight is 364 g/mol. The lowest BCUT2D eigenvalue weighted by atomic mass is 10.1. The number of H-pyrrole nitrogens is 1. The Balaban J connectivity index is 1.54. The summed E-state index contributed by atoms with van der Waals surface area (Å²) in [6, 6.07) is 13.3. The molecule has 0 atom stereocenters. The molecule has 0 unspecified atom stereocenters. The van der Waals surface area contributed by atoms with Crippen molar-refractivity contribution in [1.82, 2.24) is 10.3 Å². The molecule has 5 nitrogen and oxygen atoms in total. The highest BCUT2D eigenvalue weighted by Gasteiger charge is 2.21. The summed E-state index contributed by atoms with van der Waals surface area (Å²) >= 11 is 0. The number of rotatable bonds is 5. The number of ether oxygens (including phenoxy) is 1. The van der Waals surface area contributed by atoms with Crippen LogP contribution in [0.3, 0.4) is 0 Å². The van der Waals surface area contributed by atoms with Crippen molar-refractivity contribution in [2.75, 3.05) is 13.2 Å². The Hall–Kier alpha value is -3.59. The monoisotopic (exact) mass is 364 g/mol. The SMILES string of the molecule is Cc1[nH]c2ccccc2c1C(=O)C(=O)NCC#CCOc1ccccc1F. The number of Topliss-reactive ketones (excluding diaryl/α,β-unsaturated/α-hetero) is 1. The number of hydrogen-bond donors (Lipinski definition) is 2. The van der Waals surface area contributed by atoms with Crippen LogP contribution in [-0.2, 0) is 4.79 Å². The summed E-state index contributed by atoms with van der Waals surface area (Å²) < 4.78 is 18.5. The van der Waals surface area contributed by atoms with Gasteiger partial charge in [0.1, 0.15) is 6.61 Å². The Morgan fingerprint density at radius 3 is 2.67 bits per heavy atom. The van der Waals surface area contributed by atoms with Gasteiger partial charge in [0, 0.05) is 16.6 Å². The van der Waals surface area contributed by atoms with Crippen molar-refractivity contribution < 1.29 is 18.7 Å². The van der Waals surface area contributed by atoms with E-state index in [0.29, 0.717) is 16.6 Å². The number of halogens is 1. The Labute approximate surface area is 155 Å². The van der Waals surface area contributed by atoms with Crippen molar-refractivity contribution in [3.05, 3.63) is 65.6 Å². The van der Waals surface area contributed by atoms with Crippen molar-refractivity contribution in [2.24, 2.45) is 0 Å². The number of hydrogen-bond acceptors (Lipinski definition) is 3. The first-order valence-electron chi connectivity index (χ1n) is 8.31. The van der Waals surface area contributed by atoms with Crippen molar-refractivity contribution in [3.63, 3.8) is 0 Å². The maximum Gasteiger partial charge on any atom is 0.293 e. The molecule has 0 aliphatic heterocycles. The van der Waals surface area contributed by atoms with Gasteiger partial charge in [0.25, 0.3) is 11.7 Å². The van der Waals surface area contributed by atoms with Crippen LogP contribution in [0.15, 0.2) is 48.5 Å². The fourth-order valence-corrected chi connectivity index (χ4v) is 2.68. The molecule has 2 aromatic carbocycles. The van der Waals surface area contributed by atoms with Gasteiger partial charge in [-0.15, -0.1) is 0 Å². The highest BCUT2D eigenvalue weighted by atomic mass is 19.1. The van der Waals surface area contributed by atoms with E-state index in [1.165, 1.54) is 12.1 Å². The van der Waals surface area contributed by atoms with Gasteiger partial charge in [0.2, 0.25) is 0 Å². The molecule has 0 radical (unpaired) electrons. The number of benzene rings is 2. The molecule has 27 heavy (non-hydrogen) atoms. The molecule has 1 aromatic heterocycles. The van der Waals surface area contributed by atoms with E-state index >= 15 is 0 Å². The number of carbonyl (C=O) groups excluding carboxylic acids is 2. The molecule has 0 aliphatic rings. The minimum Gasteiger partial charge on any atom is -0.478 e. The van der Waals surface area contributed by atoms with Gasteiger partial charge in [-0.2, -0.15) is 0 Å². The largest absolute Gasteiger partial charge is 0.478 e. The number of fused-ring (bicyclic) bond motifs is 1. The zero-order valence-electron chi connectivity index (χ0n) is 14.6. The second kappa shape index (κ2) is 8.19. The van der Waals surface area contributed by atoms with Crippen LogP contribution in [0, 0.1) is 24.6 Å². The number of carbonyl (C=O) groups is 2. The Bertz CT molecular complexity index is 1060. The number of ketones is 1. The van der Waals surface area contributed by atoms with Gasteiger partial charge in [-0.3, -0.25) is 9.59 Å². The molecule has 6 heteroatoms. The molecule has 136 valence electrons. The minimum atomic E-state index is -0.729. The summed E-state index contributed by atoms with van der Waals surface area (Å²) in [5, 5.41) is 3.17. The smallest absolute Gasteiger partial charge is 0.293 e. The Morgan fingerprint density at radius 1 is 1.11 bits per heavy atom. The highest BCUT2D eigenvalue weighted by molar-refractivity contribution is 6.45. The predicted molar refractivity (Wildman–Crippen MR) is 100 cm³/mol. The Kier molecular flexibility index (Phi) is 5.53. The van der Waals surface area contributed by atoms with Gasteiger partial charge < -0.3 is 15.0 Å². The summed E-state index contributed by atoms with van der Waals surface area (Å²) in [6.45, 7) is 1.72. The van der Waals surface area contributed by atoms with Crippen molar-refractivity contribution >= 4 is 22.6 Å². The number of aromatic amines is 1. The third-order valence-corrected chi connectivity index (χ3v) is 3.93. The number of amides is 1. The fourth-order valence-electron chi connectivity index (χ4n) is 2.68. The summed E-state index contributed by atoms with van der Waals surface area (Å²) in [5.41, 5.74) is 1.80. The number of para-hydroxylation sites is 2. The lowest BCUT2D eigenvalue weighted by Crippen LogP contribution is -2.31. The van der Waals surface area contributed by atoms with Crippen LogP contribution < -0.4 is 10.1 Å². The summed E-state index contributed by atoms with van der Waals surface area (Å²) in [4.78, 5) is 27.6. The van der Waals surface area contributed by atoms with Crippen LogP contribution in [0.1, 0.15) is 16.1 Å². The van der Waals surface area contributed by atoms with Gasteiger partial charge in [0.15, 0.2) is 11.6 Å². The van der Waals surface area contributed by atoms with Gasteiger partial charge in [-0.1, -0.05) is 42.2 Å². The van der Waals surface area contributed by atoms with Crippen molar-refractivity contribution in [2.45, 2.75) is 6.92 Å². The lowest BCUT2D eigenvalue weighted by molar-refractivity contribution is -0.116. The highest BCUT2D eigenvalue weighted by Crippen LogP contribution is 2.22. The maximum absolute atomic E-state index is 13.4. The first kappa shape index (κ1) is 18.2. The van der Waals surface area contributed by atoms with Crippen LogP contribution in [0.25, 0.3) is 10.9 Å². The van der Waals surface area contributed by atoms with Crippen LogP contribution >= 0.6 is 0 Å². The number of aryl methyl sites for hydroxylation is 1. The van der Waals surface area contributed by atoms with E-state index in [0.717, 1.165) is 5.52 Å². The molecule has 3 aromatic rings. The molecule has 1 amide bonds.